The molecule has 1 aromatic heterocycles. The number of aryl methyl sites for hydroxylation is 2. The van der Waals surface area contributed by atoms with E-state index >= 15 is 0 Å². The number of rotatable bonds is 3. The highest BCUT2D eigenvalue weighted by molar-refractivity contribution is 6.13. The van der Waals surface area contributed by atoms with E-state index in [9.17, 15) is 0 Å². The van der Waals surface area contributed by atoms with Gasteiger partial charge in [-0.1, -0.05) is 78.9 Å². The number of para-hydroxylation sites is 3. The van der Waals surface area contributed by atoms with E-state index in [-0.39, 0.29) is 0 Å². The van der Waals surface area contributed by atoms with Crippen LogP contribution >= 0.6 is 0 Å². The van der Waals surface area contributed by atoms with E-state index in [0.29, 0.717) is 0 Å². The van der Waals surface area contributed by atoms with Gasteiger partial charge in [-0.3, -0.25) is 0 Å². The van der Waals surface area contributed by atoms with Gasteiger partial charge in [0, 0.05) is 33.2 Å². The Labute approximate surface area is 239 Å². The molecule has 196 valence electrons. The predicted octanol–water partition coefficient (Wildman–Crippen LogP) is 10.9. The zero-order chi connectivity index (χ0) is 27.5. The number of hydrogen-bond donors (Lipinski definition) is 1. The molecule has 1 N–H and O–H groups in total. The van der Waals surface area contributed by atoms with Gasteiger partial charge >= 0.3 is 0 Å². The van der Waals surface area contributed by atoms with E-state index in [2.05, 4.69) is 162 Å². The van der Waals surface area contributed by atoms with Gasteiger partial charge in [0.15, 0.2) is 0 Å². The molecule has 3 nitrogen and oxygen atoms in total. The number of hydrogen-bond acceptors (Lipinski definition) is 2. The van der Waals surface area contributed by atoms with Crippen molar-refractivity contribution < 1.29 is 0 Å². The molecule has 8 rings (SSSR count). The van der Waals surface area contributed by atoms with Crippen molar-refractivity contribution in [2.75, 3.05) is 9.80 Å². The molecule has 41 heavy (non-hydrogen) atoms. The van der Waals surface area contributed by atoms with E-state index in [0.717, 1.165) is 39.5 Å². The molecule has 0 amide bonds. The van der Waals surface area contributed by atoms with Gasteiger partial charge in [-0.2, -0.15) is 0 Å². The Hall–Kier alpha value is -5.28. The summed E-state index contributed by atoms with van der Waals surface area (Å²) in [6.07, 6.45) is 0. The highest BCUT2D eigenvalue weighted by atomic mass is 15.3. The summed E-state index contributed by atoms with van der Waals surface area (Å²) in [5.41, 5.74) is 14.2. The maximum absolute atomic E-state index is 3.69. The second-order valence-electron chi connectivity index (χ2n) is 10.9. The first-order valence-corrected chi connectivity index (χ1v) is 14.1. The lowest BCUT2D eigenvalue weighted by Gasteiger charge is -2.41. The summed E-state index contributed by atoms with van der Waals surface area (Å²) < 4.78 is 0. The van der Waals surface area contributed by atoms with Crippen molar-refractivity contribution in [2.24, 2.45) is 0 Å². The fraction of sp³-hybridized carbons (Fsp3) is 0.0526. The molecule has 3 heteroatoms. The number of nitrogens with one attached hydrogen (secondary N) is 1. The summed E-state index contributed by atoms with van der Waals surface area (Å²) in [6.45, 7) is 4.43. The third kappa shape index (κ3) is 3.66. The van der Waals surface area contributed by atoms with Crippen LogP contribution in [-0.2, 0) is 0 Å². The third-order valence-electron chi connectivity index (χ3n) is 8.35. The number of aromatic nitrogens is 1. The maximum Gasteiger partial charge on any atom is 0.0724 e. The van der Waals surface area contributed by atoms with Crippen LogP contribution in [-0.4, -0.2) is 4.98 Å². The van der Waals surface area contributed by atoms with Gasteiger partial charge < -0.3 is 14.8 Å². The molecule has 0 aliphatic carbocycles. The molecule has 0 spiro atoms. The Bertz CT molecular complexity index is 2070. The summed E-state index contributed by atoms with van der Waals surface area (Å²) in [4.78, 5) is 8.54. The minimum atomic E-state index is 1.13. The summed E-state index contributed by atoms with van der Waals surface area (Å²) in [5, 5.41) is 2.46. The number of nitrogens with zero attached hydrogens (tertiary/aromatic N) is 2. The van der Waals surface area contributed by atoms with E-state index < -0.39 is 0 Å². The average molecular weight is 528 g/mol. The Morgan fingerprint density at radius 1 is 0.415 bits per heavy atom. The van der Waals surface area contributed by atoms with Crippen molar-refractivity contribution in [3.8, 4) is 11.1 Å². The molecule has 1 aliphatic rings. The largest absolute Gasteiger partial charge is 0.354 e. The molecule has 0 radical (unpaired) electrons. The number of anilines is 6. The van der Waals surface area contributed by atoms with Crippen molar-refractivity contribution in [3.05, 3.63) is 145 Å². The Kier molecular flexibility index (Phi) is 5.26. The maximum atomic E-state index is 3.69. The monoisotopic (exact) mass is 527 g/mol. The lowest BCUT2D eigenvalue weighted by molar-refractivity contribution is 1.17. The van der Waals surface area contributed by atoms with E-state index in [1.54, 1.807) is 0 Å². The van der Waals surface area contributed by atoms with Crippen LogP contribution in [0.5, 0.6) is 0 Å². The summed E-state index contributed by atoms with van der Waals surface area (Å²) in [7, 11) is 0. The molecule has 0 saturated carbocycles. The van der Waals surface area contributed by atoms with Gasteiger partial charge in [-0.25, -0.2) is 0 Å². The first kappa shape index (κ1) is 23.6. The van der Waals surface area contributed by atoms with Crippen molar-refractivity contribution >= 4 is 55.9 Å². The standard InChI is InChI=1S/C38H29N3/c1-25-13-9-10-18-29(25)31-22-36-35(21-26(31)2)40(27-14-5-3-6-15-27)37-23-32-30-19-11-12-20-33(30)39-34(32)24-38(37)41(36)28-16-7-4-8-17-28/h3-24,39H,1-2H3. The van der Waals surface area contributed by atoms with Gasteiger partial charge in [0.05, 0.1) is 22.7 Å². The van der Waals surface area contributed by atoms with E-state index in [1.165, 1.54) is 38.7 Å². The molecule has 0 saturated heterocycles. The topological polar surface area (TPSA) is 22.3 Å². The smallest absolute Gasteiger partial charge is 0.0724 e. The summed E-state index contributed by atoms with van der Waals surface area (Å²) >= 11 is 0. The molecular formula is C38H29N3. The van der Waals surface area contributed by atoms with Crippen LogP contribution in [0.3, 0.4) is 0 Å². The molecule has 0 bridgehead atoms. The molecule has 0 unspecified atom stereocenters. The number of fused-ring (bicyclic) bond motifs is 5. The third-order valence-corrected chi connectivity index (χ3v) is 8.35. The Balaban J connectivity index is 1.49. The number of aromatic amines is 1. The van der Waals surface area contributed by atoms with Crippen LogP contribution in [0.4, 0.5) is 34.1 Å². The second-order valence-corrected chi connectivity index (χ2v) is 10.9. The Morgan fingerprint density at radius 2 is 0.976 bits per heavy atom. The van der Waals surface area contributed by atoms with Crippen molar-refractivity contribution in [1.29, 1.82) is 0 Å². The fourth-order valence-corrected chi connectivity index (χ4v) is 6.41. The SMILES string of the molecule is Cc1ccccc1-c1cc2c(cc1C)N(c1ccccc1)c1cc3c(cc1N2c1ccccc1)[nH]c1ccccc13. The molecule has 7 aromatic rings. The zero-order valence-corrected chi connectivity index (χ0v) is 23.1. The van der Waals surface area contributed by atoms with Gasteiger partial charge in [0.25, 0.3) is 0 Å². The predicted molar refractivity (Wildman–Crippen MR) is 174 cm³/mol. The quantitative estimate of drug-likeness (QED) is 0.247. The average Bonchev–Trinajstić information content (AvgIpc) is 3.37. The minimum absolute atomic E-state index is 1.13. The summed E-state index contributed by atoms with van der Waals surface area (Å²) in [6, 6.07) is 48.1. The fourth-order valence-electron chi connectivity index (χ4n) is 6.41. The van der Waals surface area contributed by atoms with Gasteiger partial charge in [0.2, 0.25) is 0 Å². The first-order valence-electron chi connectivity index (χ1n) is 14.1. The normalized spacial score (nSPS) is 12.5. The Morgan fingerprint density at radius 3 is 1.68 bits per heavy atom. The molecule has 2 heterocycles. The minimum Gasteiger partial charge on any atom is -0.354 e. The van der Waals surface area contributed by atoms with Crippen LogP contribution in [0.1, 0.15) is 11.1 Å². The lowest BCUT2D eigenvalue weighted by Crippen LogP contribution is -2.24. The van der Waals surface area contributed by atoms with Crippen LogP contribution < -0.4 is 9.80 Å². The first-order chi connectivity index (χ1) is 20.2. The van der Waals surface area contributed by atoms with Gasteiger partial charge in [0.1, 0.15) is 0 Å². The number of H-pyrrole nitrogens is 1. The van der Waals surface area contributed by atoms with Crippen LogP contribution in [0.15, 0.2) is 133 Å². The van der Waals surface area contributed by atoms with Gasteiger partial charge in [-0.15, -0.1) is 0 Å². The van der Waals surface area contributed by atoms with Crippen LogP contribution in [0.2, 0.25) is 0 Å². The van der Waals surface area contributed by atoms with Crippen LogP contribution in [0.25, 0.3) is 32.9 Å². The van der Waals surface area contributed by atoms with E-state index in [1.807, 2.05) is 0 Å². The highest BCUT2D eigenvalue weighted by Crippen LogP contribution is 2.56. The van der Waals surface area contributed by atoms with Crippen molar-refractivity contribution in [2.45, 2.75) is 13.8 Å². The van der Waals surface area contributed by atoms with E-state index in [4.69, 9.17) is 0 Å². The summed E-state index contributed by atoms with van der Waals surface area (Å²) in [5.74, 6) is 0. The highest BCUT2D eigenvalue weighted by Gasteiger charge is 2.32. The lowest BCUT2D eigenvalue weighted by atomic mass is 9.93. The van der Waals surface area contributed by atoms with Crippen LogP contribution in [0, 0.1) is 13.8 Å². The second kappa shape index (κ2) is 9.14. The molecule has 1 aliphatic heterocycles. The zero-order valence-electron chi connectivity index (χ0n) is 23.1. The molecule has 0 atom stereocenters. The molecular weight excluding hydrogens is 498 g/mol. The van der Waals surface area contributed by atoms with Crippen molar-refractivity contribution in [3.63, 3.8) is 0 Å². The molecule has 0 fully saturated rings. The van der Waals surface area contributed by atoms with Gasteiger partial charge in [-0.05, 0) is 90.7 Å². The number of benzene rings is 6. The molecule has 6 aromatic carbocycles. The van der Waals surface area contributed by atoms with Crippen molar-refractivity contribution in [1.82, 2.24) is 4.98 Å².